The van der Waals surface area contributed by atoms with Gasteiger partial charge in [0.1, 0.15) is 5.82 Å². The third kappa shape index (κ3) is 2.65. The van der Waals surface area contributed by atoms with Gasteiger partial charge in [0, 0.05) is 18.7 Å². The number of aryl methyl sites for hydroxylation is 1. The number of nitrogens with zero attached hydrogens (tertiary/aromatic N) is 1. The van der Waals surface area contributed by atoms with E-state index in [9.17, 15) is 14.0 Å². The molecule has 2 rings (SSSR count). The molecule has 0 bridgehead atoms. The molecule has 0 spiro atoms. The Bertz CT molecular complexity index is 557. The summed E-state index contributed by atoms with van der Waals surface area (Å²) in [4.78, 5) is 25.3. The van der Waals surface area contributed by atoms with E-state index in [-0.39, 0.29) is 18.4 Å². The molecule has 1 aliphatic heterocycles. The highest BCUT2D eigenvalue weighted by Crippen LogP contribution is 2.31. The first-order chi connectivity index (χ1) is 9.35. The molecule has 3 N–H and O–H groups in total. The van der Waals surface area contributed by atoms with Crippen LogP contribution in [-0.4, -0.2) is 18.4 Å². The van der Waals surface area contributed by atoms with Gasteiger partial charge in [-0.2, -0.15) is 0 Å². The van der Waals surface area contributed by atoms with Gasteiger partial charge in [-0.25, -0.2) is 10.2 Å². The zero-order chi connectivity index (χ0) is 14.9. The standard InChI is InChI=1S/C14H18FN3O2/c1-14(2,13(20)17-16)8-18-11-7-10(15)5-3-9(11)4-6-12(18)19/h3,5,7H,4,6,8,16H2,1-2H3,(H,17,20). The van der Waals surface area contributed by atoms with Gasteiger partial charge in [0.2, 0.25) is 11.8 Å². The maximum Gasteiger partial charge on any atom is 0.241 e. The number of nitrogens with two attached hydrogens (primary N) is 1. The number of carbonyl (C=O) groups excluding carboxylic acids is 2. The van der Waals surface area contributed by atoms with Gasteiger partial charge in [0.15, 0.2) is 0 Å². The van der Waals surface area contributed by atoms with Gasteiger partial charge in [-0.3, -0.25) is 15.0 Å². The molecule has 0 aromatic heterocycles. The van der Waals surface area contributed by atoms with Crippen LogP contribution in [0.3, 0.4) is 0 Å². The Morgan fingerprint density at radius 1 is 1.45 bits per heavy atom. The number of halogens is 1. The van der Waals surface area contributed by atoms with Gasteiger partial charge in [-0.1, -0.05) is 6.07 Å². The summed E-state index contributed by atoms with van der Waals surface area (Å²) in [6.45, 7) is 3.54. The molecule has 0 radical (unpaired) electrons. The molecular weight excluding hydrogens is 261 g/mol. The highest BCUT2D eigenvalue weighted by molar-refractivity contribution is 5.97. The lowest BCUT2D eigenvalue weighted by molar-refractivity contribution is -0.129. The van der Waals surface area contributed by atoms with Crippen LogP contribution in [0, 0.1) is 11.2 Å². The zero-order valence-electron chi connectivity index (χ0n) is 11.6. The second-order valence-electron chi connectivity index (χ2n) is 5.61. The largest absolute Gasteiger partial charge is 0.311 e. The average Bonchev–Trinajstić information content (AvgIpc) is 2.41. The Morgan fingerprint density at radius 3 is 2.80 bits per heavy atom. The van der Waals surface area contributed by atoms with Crippen molar-refractivity contribution in [3.8, 4) is 0 Å². The van der Waals surface area contributed by atoms with Crippen molar-refractivity contribution in [1.82, 2.24) is 5.43 Å². The quantitative estimate of drug-likeness (QED) is 0.494. The van der Waals surface area contributed by atoms with Crippen LogP contribution in [0.1, 0.15) is 25.8 Å². The maximum atomic E-state index is 13.4. The fourth-order valence-corrected chi connectivity index (χ4v) is 2.35. The molecular formula is C14H18FN3O2. The molecule has 0 atom stereocenters. The van der Waals surface area contributed by atoms with Crippen molar-refractivity contribution in [2.75, 3.05) is 11.4 Å². The predicted octanol–water partition coefficient (Wildman–Crippen LogP) is 1.12. The number of benzene rings is 1. The molecule has 2 amide bonds. The lowest BCUT2D eigenvalue weighted by atomic mass is 9.90. The van der Waals surface area contributed by atoms with Crippen LogP contribution in [-0.2, 0) is 16.0 Å². The minimum atomic E-state index is -0.856. The van der Waals surface area contributed by atoms with Crippen LogP contribution in [0.4, 0.5) is 10.1 Å². The summed E-state index contributed by atoms with van der Waals surface area (Å²) >= 11 is 0. The minimum absolute atomic E-state index is 0.110. The number of fused-ring (bicyclic) bond motifs is 1. The van der Waals surface area contributed by atoms with E-state index in [1.807, 2.05) is 0 Å². The first-order valence-electron chi connectivity index (χ1n) is 6.45. The SMILES string of the molecule is CC(C)(CN1C(=O)CCc2ccc(F)cc21)C(=O)NN. The van der Waals surface area contributed by atoms with E-state index in [1.54, 1.807) is 19.9 Å². The number of rotatable bonds is 3. The Morgan fingerprint density at radius 2 is 2.15 bits per heavy atom. The van der Waals surface area contributed by atoms with Crippen LogP contribution < -0.4 is 16.2 Å². The van der Waals surface area contributed by atoms with Gasteiger partial charge in [-0.15, -0.1) is 0 Å². The second-order valence-corrected chi connectivity index (χ2v) is 5.61. The molecule has 0 unspecified atom stereocenters. The van der Waals surface area contributed by atoms with E-state index in [2.05, 4.69) is 5.43 Å². The molecule has 1 heterocycles. The number of nitrogens with one attached hydrogen (secondary N) is 1. The number of hydrazine groups is 1. The van der Waals surface area contributed by atoms with E-state index < -0.39 is 11.2 Å². The Balaban J connectivity index is 2.35. The summed E-state index contributed by atoms with van der Waals surface area (Å²) in [7, 11) is 0. The molecule has 5 nitrogen and oxygen atoms in total. The summed E-state index contributed by atoms with van der Waals surface area (Å²) in [6, 6.07) is 4.40. The van der Waals surface area contributed by atoms with Gasteiger partial charge < -0.3 is 4.90 Å². The fourth-order valence-electron chi connectivity index (χ4n) is 2.35. The van der Waals surface area contributed by atoms with Gasteiger partial charge in [0.05, 0.1) is 5.41 Å². The fraction of sp³-hybridized carbons (Fsp3) is 0.429. The number of anilines is 1. The number of carbonyl (C=O) groups is 2. The number of hydrogen-bond donors (Lipinski definition) is 2. The highest BCUT2D eigenvalue weighted by Gasteiger charge is 2.34. The smallest absolute Gasteiger partial charge is 0.241 e. The first kappa shape index (κ1) is 14.5. The summed E-state index contributed by atoms with van der Waals surface area (Å²) in [5.41, 5.74) is 2.69. The molecule has 0 fully saturated rings. The number of hydrogen-bond acceptors (Lipinski definition) is 3. The summed E-state index contributed by atoms with van der Waals surface area (Å²) < 4.78 is 13.4. The van der Waals surface area contributed by atoms with Crippen molar-refractivity contribution >= 4 is 17.5 Å². The lowest BCUT2D eigenvalue weighted by Crippen LogP contribution is -2.49. The average molecular weight is 279 g/mol. The van der Waals surface area contributed by atoms with E-state index >= 15 is 0 Å². The van der Waals surface area contributed by atoms with Gasteiger partial charge in [-0.05, 0) is 38.0 Å². The van der Waals surface area contributed by atoms with Crippen LogP contribution >= 0.6 is 0 Å². The normalized spacial score (nSPS) is 15.0. The summed E-state index contributed by atoms with van der Waals surface area (Å²) in [6.07, 6.45) is 0.952. The van der Waals surface area contributed by atoms with Gasteiger partial charge in [0.25, 0.3) is 0 Å². The monoisotopic (exact) mass is 279 g/mol. The van der Waals surface area contributed by atoms with Crippen molar-refractivity contribution < 1.29 is 14.0 Å². The highest BCUT2D eigenvalue weighted by atomic mass is 19.1. The number of amides is 2. The molecule has 20 heavy (non-hydrogen) atoms. The minimum Gasteiger partial charge on any atom is -0.311 e. The maximum absolute atomic E-state index is 13.4. The second kappa shape index (κ2) is 5.20. The van der Waals surface area contributed by atoms with Gasteiger partial charge >= 0.3 is 0 Å². The Hall–Kier alpha value is -1.95. The Labute approximate surface area is 116 Å². The van der Waals surface area contributed by atoms with Crippen molar-refractivity contribution in [2.24, 2.45) is 11.3 Å². The van der Waals surface area contributed by atoms with E-state index in [4.69, 9.17) is 5.84 Å². The summed E-state index contributed by atoms with van der Waals surface area (Å²) in [5, 5.41) is 0. The molecule has 108 valence electrons. The van der Waals surface area contributed by atoms with Crippen LogP contribution in [0.25, 0.3) is 0 Å². The molecule has 0 saturated heterocycles. The third-order valence-corrected chi connectivity index (χ3v) is 3.55. The van der Waals surface area contributed by atoms with E-state index in [0.717, 1.165) is 5.56 Å². The summed E-state index contributed by atoms with van der Waals surface area (Å²) in [5.74, 6) is 4.28. The topological polar surface area (TPSA) is 75.4 Å². The van der Waals surface area contributed by atoms with Crippen molar-refractivity contribution in [3.05, 3.63) is 29.6 Å². The van der Waals surface area contributed by atoms with E-state index in [1.165, 1.54) is 17.0 Å². The Kier molecular flexibility index (Phi) is 3.76. The zero-order valence-corrected chi connectivity index (χ0v) is 11.6. The molecule has 1 aromatic carbocycles. The van der Waals surface area contributed by atoms with Crippen LogP contribution in [0.15, 0.2) is 18.2 Å². The van der Waals surface area contributed by atoms with Crippen LogP contribution in [0.5, 0.6) is 0 Å². The van der Waals surface area contributed by atoms with E-state index in [0.29, 0.717) is 18.5 Å². The molecule has 0 saturated carbocycles. The third-order valence-electron chi connectivity index (χ3n) is 3.55. The lowest BCUT2D eigenvalue weighted by Gasteiger charge is -2.35. The van der Waals surface area contributed by atoms with Crippen molar-refractivity contribution in [2.45, 2.75) is 26.7 Å². The van der Waals surface area contributed by atoms with Crippen molar-refractivity contribution in [1.29, 1.82) is 0 Å². The molecule has 0 aliphatic carbocycles. The molecule has 1 aliphatic rings. The first-order valence-corrected chi connectivity index (χ1v) is 6.45. The van der Waals surface area contributed by atoms with Crippen molar-refractivity contribution in [3.63, 3.8) is 0 Å². The van der Waals surface area contributed by atoms with Crippen LogP contribution in [0.2, 0.25) is 0 Å². The molecule has 6 heteroatoms. The predicted molar refractivity (Wildman–Crippen MR) is 73.2 cm³/mol. The molecule has 1 aromatic rings.